The highest BCUT2D eigenvalue weighted by molar-refractivity contribution is 6.30. The van der Waals surface area contributed by atoms with E-state index in [0.29, 0.717) is 22.5 Å². The minimum atomic E-state index is -4.91. The number of nitrogens with zero attached hydrogens (tertiary/aromatic N) is 2. The highest BCUT2D eigenvalue weighted by atomic mass is 35.5. The normalized spacial score (nSPS) is 11.3. The molecule has 9 heteroatoms. The number of aryl methyl sites for hydroxylation is 1. The number of halogens is 4. The van der Waals surface area contributed by atoms with Crippen LogP contribution in [0.25, 0.3) is 0 Å². The van der Waals surface area contributed by atoms with Crippen molar-refractivity contribution in [2.75, 3.05) is 5.32 Å². The number of carboxylic acids is 1. The Balaban J connectivity index is 2.45. The van der Waals surface area contributed by atoms with Gasteiger partial charge in [0.1, 0.15) is 5.56 Å². The molecular weight excluding hydrogens is 323 g/mol. The summed E-state index contributed by atoms with van der Waals surface area (Å²) in [4.78, 5) is 17.7. The molecule has 1 aromatic carbocycles. The number of carbonyl (C=O) groups is 1. The van der Waals surface area contributed by atoms with Gasteiger partial charge in [0.2, 0.25) is 5.95 Å². The summed E-state index contributed by atoms with van der Waals surface area (Å²) in [5, 5.41) is 11.7. The van der Waals surface area contributed by atoms with Gasteiger partial charge in [-0.2, -0.15) is 13.2 Å². The van der Waals surface area contributed by atoms with Gasteiger partial charge in [-0.15, -0.1) is 0 Å². The molecule has 0 radical (unpaired) electrons. The standard InChI is InChI=1S/C13H9ClF3N3O2/c1-6-2-3-7(14)4-9(6)19-12-18-5-8(11(21)22)10(20-12)13(15,16)17/h2-5H,1H3,(H,21,22)(H,18,19,20). The highest BCUT2D eigenvalue weighted by Gasteiger charge is 2.38. The van der Waals surface area contributed by atoms with Crippen LogP contribution in [0.1, 0.15) is 21.6 Å². The first-order valence-electron chi connectivity index (χ1n) is 5.89. The largest absolute Gasteiger partial charge is 0.478 e. The molecule has 0 fully saturated rings. The summed E-state index contributed by atoms with van der Waals surface area (Å²) >= 11 is 5.82. The Morgan fingerprint density at radius 2 is 2.05 bits per heavy atom. The van der Waals surface area contributed by atoms with Crippen molar-refractivity contribution in [2.45, 2.75) is 13.1 Å². The van der Waals surface area contributed by atoms with Crippen LogP contribution in [0.2, 0.25) is 5.02 Å². The zero-order valence-electron chi connectivity index (χ0n) is 11.1. The van der Waals surface area contributed by atoms with E-state index < -0.39 is 23.4 Å². The molecule has 0 bridgehead atoms. The van der Waals surface area contributed by atoms with Crippen LogP contribution in [0.5, 0.6) is 0 Å². The van der Waals surface area contributed by atoms with Gasteiger partial charge in [0.25, 0.3) is 0 Å². The number of nitrogens with one attached hydrogen (secondary N) is 1. The van der Waals surface area contributed by atoms with Crippen LogP contribution in [-0.2, 0) is 6.18 Å². The van der Waals surface area contributed by atoms with Crippen molar-refractivity contribution in [1.82, 2.24) is 9.97 Å². The van der Waals surface area contributed by atoms with Crippen LogP contribution < -0.4 is 5.32 Å². The SMILES string of the molecule is Cc1ccc(Cl)cc1Nc1ncc(C(=O)O)c(C(F)(F)F)n1. The number of rotatable bonds is 3. The van der Waals surface area contributed by atoms with Crippen molar-refractivity contribution in [3.63, 3.8) is 0 Å². The third-order valence-electron chi connectivity index (χ3n) is 2.73. The molecule has 0 atom stereocenters. The molecule has 22 heavy (non-hydrogen) atoms. The number of anilines is 2. The number of hydrogen-bond acceptors (Lipinski definition) is 4. The molecule has 0 aliphatic heterocycles. The summed E-state index contributed by atoms with van der Waals surface area (Å²) in [6.07, 6.45) is -4.29. The summed E-state index contributed by atoms with van der Waals surface area (Å²) < 4.78 is 38.6. The van der Waals surface area contributed by atoms with E-state index in [4.69, 9.17) is 16.7 Å². The fraction of sp³-hybridized carbons (Fsp3) is 0.154. The van der Waals surface area contributed by atoms with E-state index in [1.807, 2.05) is 0 Å². The third kappa shape index (κ3) is 3.45. The molecule has 0 amide bonds. The maximum Gasteiger partial charge on any atom is 0.434 e. The lowest BCUT2D eigenvalue weighted by molar-refractivity contribution is -0.141. The van der Waals surface area contributed by atoms with Gasteiger partial charge in [-0.05, 0) is 24.6 Å². The fourth-order valence-electron chi connectivity index (χ4n) is 1.66. The number of benzene rings is 1. The molecule has 2 rings (SSSR count). The number of hydrogen-bond donors (Lipinski definition) is 2. The maximum absolute atomic E-state index is 12.9. The smallest absolute Gasteiger partial charge is 0.434 e. The minimum Gasteiger partial charge on any atom is -0.478 e. The number of carboxylic acid groups (broad SMARTS) is 1. The topological polar surface area (TPSA) is 75.1 Å². The molecule has 0 saturated carbocycles. The molecular formula is C13H9ClF3N3O2. The number of aromatic nitrogens is 2. The predicted molar refractivity (Wildman–Crippen MR) is 73.5 cm³/mol. The molecule has 0 aliphatic rings. The molecule has 5 nitrogen and oxygen atoms in total. The van der Waals surface area contributed by atoms with E-state index in [9.17, 15) is 18.0 Å². The van der Waals surface area contributed by atoms with E-state index in [1.165, 1.54) is 6.07 Å². The van der Waals surface area contributed by atoms with Crippen molar-refractivity contribution in [3.8, 4) is 0 Å². The minimum absolute atomic E-state index is 0.373. The van der Waals surface area contributed by atoms with Crippen LogP contribution in [0, 0.1) is 6.92 Å². The quantitative estimate of drug-likeness (QED) is 0.892. The van der Waals surface area contributed by atoms with E-state index in [2.05, 4.69) is 15.3 Å². The van der Waals surface area contributed by atoms with Crippen molar-refractivity contribution < 1.29 is 23.1 Å². The average Bonchev–Trinajstić information content (AvgIpc) is 2.41. The van der Waals surface area contributed by atoms with E-state index in [1.54, 1.807) is 19.1 Å². The van der Waals surface area contributed by atoms with E-state index in [0.717, 1.165) is 0 Å². The number of alkyl halides is 3. The molecule has 0 unspecified atom stereocenters. The van der Waals surface area contributed by atoms with Crippen molar-refractivity contribution >= 4 is 29.2 Å². The second-order valence-corrected chi connectivity index (χ2v) is 4.78. The number of aromatic carboxylic acids is 1. The van der Waals surface area contributed by atoms with E-state index in [-0.39, 0.29) is 5.95 Å². The molecule has 1 aromatic heterocycles. The van der Waals surface area contributed by atoms with Gasteiger partial charge in [-0.3, -0.25) is 0 Å². The Bertz CT molecular complexity index is 735. The maximum atomic E-state index is 12.9. The Morgan fingerprint density at radius 3 is 2.64 bits per heavy atom. The van der Waals surface area contributed by atoms with Gasteiger partial charge >= 0.3 is 12.1 Å². The summed E-state index contributed by atoms with van der Waals surface area (Å²) in [5.41, 5.74) is -1.40. The van der Waals surface area contributed by atoms with Crippen LogP contribution in [0.3, 0.4) is 0 Å². The van der Waals surface area contributed by atoms with Gasteiger partial charge in [0, 0.05) is 16.9 Å². The first-order valence-corrected chi connectivity index (χ1v) is 6.27. The summed E-state index contributed by atoms with van der Waals surface area (Å²) in [6.45, 7) is 1.72. The van der Waals surface area contributed by atoms with Crippen LogP contribution in [0.15, 0.2) is 24.4 Å². The molecule has 0 spiro atoms. The van der Waals surface area contributed by atoms with Gasteiger partial charge in [0.05, 0.1) is 0 Å². The zero-order chi connectivity index (χ0) is 16.5. The van der Waals surface area contributed by atoms with Crippen molar-refractivity contribution in [2.24, 2.45) is 0 Å². The lowest BCUT2D eigenvalue weighted by atomic mass is 10.2. The first-order chi connectivity index (χ1) is 10.2. The summed E-state index contributed by atoms with van der Waals surface area (Å²) in [5.74, 6) is -2.12. The average molecular weight is 332 g/mol. The summed E-state index contributed by atoms with van der Waals surface area (Å²) in [7, 11) is 0. The Kier molecular flexibility index (Phi) is 4.23. The fourth-order valence-corrected chi connectivity index (χ4v) is 1.84. The Hall–Kier alpha value is -2.35. The molecule has 1 heterocycles. The highest BCUT2D eigenvalue weighted by Crippen LogP contribution is 2.31. The Morgan fingerprint density at radius 1 is 1.36 bits per heavy atom. The lowest BCUT2D eigenvalue weighted by Crippen LogP contribution is -2.17. The van der Waals surface area contributed by atoms with Gasteiger partial charge in [0.15, 0.2) is 5.69 Å². The molecule has 0 aliphatic carbocycles. The van der Waals surface area contributed by atoms with Crippen LogP contribution in [-0.4, -0.2) is 21.0 Å². The van der Waals surface area contributed by atoms with Crippen molar-refractivity contribution in [1.29, 1.82) is 0 Å². The zero-order valence-corrected chi connectivity index (χ0v) is 11.8. The van der Waals surface area contributed by atoms with Crippen molar-refractivity contribution in [3.05, 3.63) is 46.2 Å². The first kappa shape index (κ1) is 16.0. The van der Waals surface area contributed by atoms with Crippen LogP contribution in [0.4, 0.5) is 24.8 Å². The van der Waals surface area contributed by atoms with Gasteiger partial charge in [-0.1, -0.05) is 17.7 Å². The molecule has 116 valence electrons. The Labute approximate surface area is 127 Å². The van der Waals surface area contributed by atoms with E-state index >= 15 is 0 Å². The van der Waals surface area contributed by atoms with Gasteiger partial charge in [-0.25, -0.2) is 14.8 Å². The third-order valence-corrected chi connectivity index (χ3v) is 2.97. The van der Waals surface area contributed by atoms with Gasteiger partial charge < -0.3 is 10.4 Å². The predicted octanol–water partition coefficient (Wildman–Crippen LogP) is 3.90. The monoisotopic (exact) mass is 331 g/mol. The second-order valence-electron chi connectivity index (χ2n) is 4.34. The molecule has 2 aromatic rings. The lowest BCUT2D eigenvalue weighted by Gasteiger charge is -2.12. The molecule has 0 saturated heterocycles. The molecule has 2 N–H and O–H groups in total. The van der Waals surface area contributed by atoms with Crippen LogP contribution >= 0.6 is 11.6 Å². The second kappa shape index (κ2) is 5.80. The summed E-state index contributed by atoms with van der Waals surface area (Å²) in [6, 6.07) is 4.79.